The van der Waals surface area contributed by atoms with Crippen molar-refractivity contribution in [3.8, 4) is 5.75 Å². The van der Waals surface area contributed by atoms with Crippen molar-refractivity contribution in [1.29, 1.82) is 0 Å². The summed E-state index contributed by atoms with van der Waals surface area (Å²) in [5.74, 6) is 0.814. The van der Waals surface area contributed by atoms with E-state index in [1.165, 1.54) is 0 Å². The van der Waals surface area contributed by atoms with Crippen molar-refractivity contribution in [3.05, 3.63) is 58.9 Å². The first kappa shape index (κ1) is 19.2. The molecule has 0 aliphatic heterocycles. The summed E-state index contributed by atoms with van der Waals surface area (Å²) < 4.78 is 5.89. The highest BCUT2D eigenvalue weighted by molar-refractivity contribution is 6.30. The van der Waals surface area contributed by atoms with E-state index in [0.29, 0.717) is 31.1 Å². The van der Waals surface area contributed by atoms with Crippen LogP contribution in [0.5, 0.6) is 5.75 Å². The van der Waals surface area contributed by atoms with Crippen molar-refractivity contribution >= 4 is 17.5 Å². The Hall–Kier alpha value is -2.11. The van der Waals surface area contributed by atoms with Crippen LogP contribution >= 0.6 is 11.6 Å². The van der Waals surface area contributed by atoms with Crippen LogP contribution in [0.4, 0.5) is 0 Å². The maximum Gasteiger partial charge on any atom is 0.221 e. The number of carbonyl (C=O) groups excluding carboxylic acids is 1. The molecule has 0 spiro atoms. The van der Waals surface area contributed by atoms with E-state index < -0.39 is 0 Å². The summed E-state index contributed by atoms with van der Waals surface area (Å²) in [6.07, 6.45) is 3.95. The molecule has 5 nitrogen and oxygen atoms in total. The molecule has 0 aliphatic rings. The molecule has 0 atom stereocenters. The van der Waals surface area contributed by atoms with E-state index in [1.54, 1.807) is 18.5 Å². The van der Waals surface area contributed by atoms with Crippen LogP contribution in [0.25, 0.3) is 0 Å². The van der Waals surface area contributed by atoms with Crippen molar-refractivity contribution in [2.24, 2.45) is 0 Å². The van der Waals surface area contributed by atoms with Gasteiger partial charge in [0, 0.05) is 54.1 Å². The van der Waals surface area contributed by atoms with Gasteiger partial charge in [0.2, 0.25) is 5.91 Å². The third kappa shape index (κ3) is 7.11. The average Bonchev–Trinajstić information content (AvgIpc) is 2.58. The Labute approximate surface area is 153 Å². The molecule has 6 heteroatoms. The van der Waals surface area contributed by atoms with Crippen LogP contribution in [0, 0.1) is 0 Å². The van der Waals surface area contributed by atoms with Gasteiger partial charge < -0.3 is 15.4 Å². The lowest BCUT2D eigenvalue weighted by Crippen LogP contribution is -2.32. The second-order valence-corrected chi connectivity index (χ2v) is 6.49. The third-order valence-electron chi connectivity index (χ3n) is 3.43. The molecule has 0 bridgehead atoms. The summed E-state index contributed by atoms with van der Waals surface area (Å²) in [5.41, 5.74) is 1.96. The van der Waals surface area contributed by atoms with Gasteiger partial charge in [-0.1, -0.05) is 17.7 Å². The number of hydrogen-bond donors (Lipinski definition) is 2. The van der Waals surface area contributed by atoms with Gasteiger partial charge in [0.25, 0.3) is 0 Å². The van der Waals surface area contributed by atoms with Crippen molar-refractivity contribution in [2.75, 3.05) is 6.54 Å². The van der Waals surface area contributed by atoms with E-state index >= 15 is 0 Å². The first-order chi connectivity index (χ1) is 12.0. The zero-order chi connectivity index (χ0) is 18.1. The fourth-order valence-corrected chi connectivity index (χ4v) is 2.49. The summed E-state index contributed by atoms with van der Waals surface area (Å²) in [4.78, 5) is 15.7. The van der Waals surface area contributed by atoms with Gasteiger partial charge in [-0.2, -0.15) is 0 Å². The van der Waals surface area contributed by atoms with E-state index in [2.05, 4.69) is 15.6 Å². The molecular weight excluding hydrogens is 338 g/mol. The van der Waals surface area contributed by atoms with E-state index in [4.69, 9.17) is 16.3 Å². The van der Waals surface area contributed by atoms with Crippen LogP contribution in [0.1, 0.15) is 31.4 Å². The Bertz CT molecular complexity index is 678. The highest BCUT2D eigenvalue weighted by Crippen LogP contribution is 2.23. The molecule has 2 rings (SSSR count). The smallest absolute Gasteiger partial charge is 0.221 e. The molecule has 0 radical (unpaired) electrons. The topological polar surface area (TPSA) is 63.2 Å². The second kappa shape index (κ2) is 10.0. The lowest BCUT2D eigenvalue weighted by Gasteiger charge is -2.13. The Morgan fingerprint density at radius 3 is 2.88 bits per heavy atom. The van der Waals surface area contributed by atoms with E-state index in [-0.39, 0.29) is 11.9 Å². The molecule has 0 fully saturated rings. The number of halogens is 1. The van der Waals surface area contributed by atoms with Crippen LogP contribution < -0.4 is 15.4 Å². The van der Waals surface area contributed by atoms with Gasteiger partial charge in [0.15, 0.2) is 0 Å². The van der Waals surface area contributed by atoms with Crippen molar-refractivity contribution < 1.29 is 9.53 Å². The van der Waals surface area contributed by atoms with Crippen LogP contribution in [-0.4, -0.2) is 23.5 Å². The maximum atomic E-state index is 11.6. The highest BCUT2D eigenvalue weighted by Gasteiger charge is 2.07. The molecule has 1 aromatic heterocycles. The molecule has 0 saturated carbocycles. The highest BCUT2D eigenvalue weighted by atomic mass is 35.5. The number of carbonyl (C=O) groups is 1. The van der Waals surface area contributed by atoms with E-state index in [9.17, 15) is 4.79 Å². The molecule has 0 saturated heterocycles. The summed E-state index contributed by atoms with van der Waals surface area (Å²) in [6.45, 7) is 5.51. The number of hydrogen-bond acceptors (Lipinski definition) is 4. The lowest BCUT2D eigenvalue weighted by molar-refractivity contribution is -0.121. The lowest BCUT2D eigenvalue weighted by atomic mass is 10.2. The first-order valence-corrected chi connectivity index (χ1v) is 8.72. The van der Waals surface area contributed by atoms with Gasteiger partial charge in [-0.3, -0.25) is 9.78 Å². The minimum atomic E-state index is 0.0432. The number of pyridine rings is 1. The maximum absolute atomic E-state index is 11.6. The molecule has 25 heavy (non-hydrogen) atoms. The van der Waals surface area contributed by atoms with Crippen LogP contribution in [0.3, 0.4) is 0 Å². The minimum Gasteiger partial charge on any atom is -0.489 e. The summed E-state index contributed by atoms with van der Waals surface area (Å²) in [5, 5.41) is 6.79. The largest absolute Gasteiger partial charge is 0.489 e. The predicted octanol–water partition coefficient (Wildman–Crippen LogP) is 3.32. The van der Waals surface area contributed by atoms with Gasteiger partial charge >= 0.3 is 0 Å². The SMILES string of the molecule is CC(C)NC(=O)CCNCc1cc(Cl)ccc1OCc1cccnc1. The Kier molecular flexibility index (Phi) is 7.70. The number of rotatable bonds is 9. The fraction of sp³-hybridized carbons (Fsp3) is 0.368. The minimum absolute atomic E-state index is 0.0432. The standard InChI is InChI=1S/C19H24ClN3O2/c1-14(2)23-19(24)7-9-22-12-16-10-17(20)5-6-18(16)25-13-15-4-3-8-21-11-15/h3-6,8,10-11,14,22H,7,9,12-13H2,1-2H3,(H,23,24). The monoisotopic (exact) mass is 361 g/mol. The molecular formula is C19H24ClN3O2. The molecule has 1 heterocycles. The number of amides is 1. The zero-order valence-corrected chi connectivity index (χ0v) is 15.3. The zero-order valence-electron chi connectivity index (χ0n) is 14.6. The van der Waals surface area contributed by atoms with Gasteiger partial charge in [-0.15, -0.1) is 0 Å². The third-order valence-corrected chi connectivity index (χ3v) is 3.67. The summed E-state index contributed by atoms with van der Waals surface area (Å²) in [7, 11) is 0. The molecule has 2 N–H and O–H groups in total. The first-order valence-electron chi connectivity index (χ1n) is 8.35. The number of ether oxygens (including phenoxy) is 1. The van der Waals surface area contributed by atoms with Gasteiger partial charge in [-0.25, -0.2) is 0 Å². The molecule has 1 aromatic carbocycles. The molecule has 0 aliphatic carbocycles. The fourth-order valence-electron chi connectivity index (χ4n) is 2.29. The van der Waals surface area contributed by atoms with Crippen LogP contribution in [0.2, 0.25) is 5.02 Å². The Morgan fingerprint density at radius 2 is 2.16 bits per heavy atom. The number of aromatic nitrogens is 1. The number of nitrogens with one attached hydrogen (secondary N) is 2. The van der Waals surface area contributed by atoms with Crippen LogP contribution in [-0.2, 0) is 17.9 Å². The molecule has 2 aromatic rings. The van der Waals surface area contributed by atoms with Gasteiger partial charge in [0.05, 0.1) is 0 Å². The van der Waals surface area contributed by atoms with E-state index in [0.717, 1.165) is 16.9 Å². The van der Waals surface area contributed by atoms with Crippen LogP contribution in [0.15, 0.2) is 42.7 Å². The van der Waals surface area contributed by atoms with Crippen molar-refractivity contribution in [3.63, 3.8) is 0 Å². The Balaban J connectivity index is 1.86. The van der Waals surface area contributed by atoms with Gasteiger partial charge in [0.1, 0.15) is 12.4 Å². The number of benzene rings is 1. The van der Waals surface area contributed by atoms with Gasteiger partial charge in [-0.05, 0) is 38.1 Å². The predicted molar refractivity (Wildman–Crippen MR) is 99.6 cm³/mol. The quantitative estimate of drug-likeness (QED) is 0.672. The summed E-state index contributed by atoms with van der Waals surface area (Å²) >= 11 is 6.10. The Morgan fingerprint density at radius 1 is 1.32 bits per heavy atom. The second-order valence-electron chi connectivity index (χ2n) is 6.05. The van der Waals surface area contributed by atoms with E-state index in [1.807, 2.05) is 38.1 Å². The number of nitrogens with zero attached hydrogens (tertiary/aromatic N) is 1. The molecule has 0 unspecified atom stereocenters. The average molecular weight is 362 g/mol. The summed E-state index contributed by atoms with van der Waals surface area (Å²) in [6, 6.07) is 9.55. The molecule has 1 amide bonds. The van der Waals surface area contributed by atoms with Crippen molar-refractivity contribution in [2.45, 2.75) is 39.5 Å². The normalized spacial score (nSPS) is 10.7. The van der Waals surface area contributed by atoms with Crippen molar-refractivity contribution in [1.82, 2.24) is 15.6 Å². The molecule has 134 valence electrons.